The molecule has 2 heterocycles. The highest BCUT2D eigenvalue weighted by Gasteiger charge is 2.41. The summed E-state index contributed by atoms with van der Waals surface area (Å²) in [4.78, 5) is 5.36. The first kappa shape index (κ1) is 14.3. The average Bonchev–Trinajstić information content (AvgIpc) is 2.66. The monoisotopic (exact) mass is 253 g/mol. The summed E-state index contributed by atoms with van der Waals surface area (Å²) in [6.07, 6.45) is 6.56. The van der Waals surface area contributed by atoms with Crippen LogP contribution in [-0.4, -0.2) is 53.6 Å². The molecule has 3 nitrogen and oxygen atoms in total. The van der Waals surface area contributed by atoms with Gasteiger partial charge in [0.2, 0.25) is 0 Å². The average molecular weight is 253 g/mol. The van der Waals surface area contributed by atoms with Crippen molar-refractivity contribution in [3.05, 3.63) is 0 Å². The molecule has 0 saturated carbocycles. The molecule has 2 unspecified atom stereocenters. The summed E-state index contributed by atoms with van der Waals surface area (Å²) in [6, 6.07) is 1.41. The van der Waals surface area contributed by atoms with Crippen molar-refractivity contribution in [2.45, 2.75) is 70.5 Å². The molecule has 106 valence electrons. The van der Waals surface area contributed by atoms with Crippen LogP contribution in [0.25, 0.3) is 0 Å². The first-order valence-electron chi connectivity index (χ1n) is 7.80. The molecule has 0 amide bonds. The van der Waals surface area contributed by atoms with Crippen molar-refractivity contribution in [3.63, 3.8) is 0 Å². The molecule has 0 aliphatic carbocycles. The molecule has 0 bridgehead atoms. The van der Waals surface area contributed by atoms with Crippen LogP contribution in [0.1, 0.15) is 52.9 Å². The maximum Gasteiger partial charge on any atom is 0.0347 e. The SMILES string of the molecule is CC(C)N1CCCC(CN)(N2CCCC2C)CC1. The molecule has 18 heavy (non-hydrogen) atoms. The van der Waals surface area contributed by atoms with E-state index in [0.29, 0.717) is 11.6 Å². The zero-order valence-corrected chi connectivity index (χ0v) is 12.5. The molecule has 2 aliphatic heterocycles. The fourth-order valence-corrected chi connectivity index (χ4v) is 3.96. The van der Waals surface area contributed by atoms with Gasteiger partial charge in [0.15, 0.2) is 0 Å². The van der Waals surface area contributed by atoms with Gasteiger partial charge in [-0.1, -0.05) is 0 Å². The van der Waals surface area contributed by atoms with E-state index < -0.39 is 0 Å². The Morgan fingerprint density at radius 3 is 2.50 bits per heavy atom. The largest absolute Gasteiger partial charge is 0.329 e. The van der Waals surface area contributed by atoms with Gasteiger partial charge in [0.25, 0.3) is 0 Å². The van der Waals surface area contributed by atoms with E-state index in [4.69, 9.17) is 5.73 Å². The van der Waals surface area contributed by atoms with Gasteiger partial charge >= 0.3 is 0 Å². The fourth-order valence-electron chi connectivity index (χ4n) is 3.96. The fraction of sp³-hybridized carbons (Fsp3) is 1.00. The highest BCUT2D eigenvalue weighted by atomic mass is 15.3. The van der Waals surface area contributed by atoms with Gasteiger partial charge in [-0.2, -0.15) is 0 Å². The Bertz CT molecular complexity index is 266. The Hall–Kier alpha value is -0.120. The van der Waals surface area contributed by atoms with E-state index in [0.717, 1.165) is 12.6 Å². The molecule has 2 aliphatic rings. The van der Waals surface area contributed by atoms with Gasteiger partial charge in [-0.25, -0.2) is 0 Å². The molecule has 3 heteroatoms. The molecule has 0 aromatic heterocycles. The number of nitrogens with two attached hydrogens (primary N) is 1. The summed E-state index contributed by atoms with van der Waals surface area (Å²) in [7, 11) is 0. The second-order valence-corrected chi connectivity index (χ2v) is 6.60. The van der Waals surface area contributed by atoms with Crippen LogP contribution in [0.5, 0.6) is 0 Å². The van der Waals surface area contributed by atoms with Crippen LogP contribution in [0.2, 0.25) is 0 Å². The van der Waals surface area contributed by atoms with Gasteiger partial charge in [0, 0.05) is 30.7 Å². The lowest BCUT2D eigenvalue weighted by Gasteiger charge is -2.43. The Balaban J connectivity index is 2.08. The quantitative estimate of drug-likeness (QED) is 0.835. The maximum atomic E-state index is 6.21. The van der Waals surface area contributed by atoms with E-state index in [1.807, 2.05) is 0 Å². The third kappa shape index (κ3) is 2.73. The van der Waals surface area contributed by atoms with Gasteiger partial charge in [-0.3, -0.25) is 4.90 Å². The van der Waals surface area contributed by atoms with Crippen molar-refractivity contribution in [2.75, 3.05) is 26.2 Å². The van der Waals surface area contributed by atoms with Crippen LogP contribution in [0.3, 0.4) is 0 Å². The molecule has 0 aromatic carbocycles. The molecule has 2 atom stereocenters. The minimum absolute atomic E-state index is 0.291. The van der Waals surface area contributed by atoms with E-state index in [2.05, 4.69) is 30.6 Å². The first-order valence-corrected chi connectivity index (χ1v) is 7.80. The number of rotatable bonds is 3. The van der Waals surface area contributed by atoms with Crippen molar-refractivity contribution in [1.29, 1.82) is 0 Å². The molecule has 0 radical (unpaired) electrons. The van der Waals surface area contributed by atoms with Crippen molar-refractivity contribution < 1.29 is 0 Å². The smallest absolute Gasteiger partial charge is 0.0347 e. The summed E-state index contributed by atoms with van der Waals surface area (Å²) in [5.74, 6) is 0. The number of nitrogens with zero attached hydrogens (tertiary/aromatic N) is 2. The summed E-state index contributed by atoms with van der Waals surface area (Å²) in [6.45, 7) is 11.6. The molecular weight excluding hydrogens is 222 g/mol. The van der Waals surface area contributed by atoms with E-state index in [1.54, 1.807) is 0 Å². The molecule has 0 spiro atoms. The standard InChI is InChI=1S/C15H31N3/c1-13(2)17-9-5-7-15(12-16,8-11-17)18-10-4-6-14(18)3/h13-14H,4-12,16H2,1-3H3. The predicted molar refractivity (Wildman–Crippen MR) is 77.7 cm³/mol. The Morgan fingerprint density at radius 1 is 1.17 bits per heavy atom. The highest BCUT2D eigenvalue weighted by molar-refractivity contribution is 4.98. The maximum absolute atomic E-state index is 6.21. The van der Waals surface area contributed by atoms with Crippen molar-refractivity contribution in [3.8, 4) is 0 Å². The molecule has 2 saturated heterocycles. The summed E-state index contributed by atoms with van der Waals surface area (Å²) < 4.78 is 0. The lowest BCUT2D eigenvalue weighted by molar-refractivity contribution is 0.0706. The van der Waals surface area contributed by atoms with Crippen LogP contribution in [0, 0.1) is 0 Å². The van der Waals surface area contributed by atoms with E-state index in [-0.39, 0.29) is 0 Å². The van der Waals surface area contributed by atoms with Crippen LogP contribution >= 0.6 is 0 Å². The molecule has 2 N–H and O–H groups in total. The first-order chi connectivity index (χ1) is 8.59. The normalized spacial score (nSPS) is 36.2. The lowest BCUT2D eigenvalue weighted by atomic mass is 9.88. The Kier molecular flexibility index (Phi) is 4.68. The summed E-state index contributed by atoms with van der Waals surface area (Å²) >= 11 is 0. The minimum atomic E-state index is 0.291. The minimum Gasteiger partial charge on any atom is -0.329 e. The van der Waals surface area contributed by atoms with Crippen molar-refractivity contribution >= 4 is 0 Å². The Labute approximate surface area is 113 Å². The second-order valence-electron chi connectivity index (χ2n) is 6.60. The van der Waals surface area contributed by atoms with Crippen molar-refractivity contribution in [2.24, 2.45) is 5.73 Å². The zero-order valence-electron chi connectivity index (χ0n) is 12.5. The summed E-state index contributed by atoms with van der Waals surface area (Å²) in [5.41, 5.74) is 6.50. The van der Waals surface area contributed by atoms with Gasteiger partial charge in [0.05, 0.1) is 0 Å². The van der Waals surface area contributed by atoms with Crippen LogP contribution in [-0.2, 0) is 0 Å². The number of hydrogen-bond donors (Lipinski definition) is 1. The Morgan fingerprint density at radius 2 is 1.94 bits per heavy atom. The number of hydrogen-bond acceptors (Lipinski definition) is 3. The summed E-state index contributed by atoms with van der Waals surface area (Å²) in [5, 5.41) is 0. The molecular formula is C15H31N3. The van der Waals surface area contributed by atoms with E-state index in [1.165, 1.54) is 51.7 Å². The topological polar surface area (TPSA) is 32.5 Å². The van der Waals surface area contributed by atoms with Gasteiger partial charge in [-0.15, -0.1) is 0 Å². The molecule has 2 fully saturated rings. The third-order valence-corrected chi connectivity index (χ3v) is 5.22. The van der Waals surface area contributed by atoms with Crippen molar-refractivity contribution in [1.82, 2.24) is 9.80 Å². The van der Waals surface area contributed by atoms with E-state index >= 15 is 0 Å². The van der Waals surface area contributed by atoms with E-state index in [9.17, 15) is 0 Å². The predicted octanol–water partition coefficient (Wildman–Crippen LogP) is 2.06. The molecule has 0 aromatic rings. The number of likely N-dealkylation sites (tertiary alicyclic amines) is 2. The lowest BCUT2D eigenvalue weighted by Crippen LogP contribution is -2.55. The second kappa shape index (κ2) is 5.89. The molecule has 2 rings (SSSR count). The van der Waals surface area contributed by atoms with Gasteiger partial charge in [-0.05, 0) is 66.0 Å². The van der Waals surface area contributed by atoms with Gasteiger partial charge in [0.1, 0.15) is 0 Å². The van der Waals surface area contributed by atoms with Crippen LogP contribution in [0.15, 0.2) is 0 Å². The highest BCUT2D eigenvalue weighted by Crippen LogP contribution is 2.34. The van der Waals surface area contributed by atoms with Gasteiger partial charge < -0.3 is 10.6 Å². The third-order valence-electron chi connectivity index (χ3n) is 5.22. The zero-order chi connectivity index (χ0) is 13.2. The van der Waals surface area contributed by atoms with Crippen LogP contribution < -0.4 is 5.73 Å². The van der Waals surface area contributed by atoms with Crippen LogP contribution in [0.4, 0.5) is 0 Å².